The maximum atomic E-state index is 13.1. The van der Waals surface area contributed by atoms with E-state index in [1.165, 1.54) is 0 Å². The lowest BCUT2D eigenvalue weighted by Gasteiger charge is -2.11. The Hall–Kier alpha value is -3.73. The lowest BCUT2D eigenvalue weighted by molar-refractivity contribution is 0.102. The third-order valence-corrected chi connectivity index (χ3v) is 5.18. The van der Waals surface area contributed by atoms with Gasteiger partial charge in [0.2, 0.25) is 0 Å². The van der Waals surface area contributed by atoms with Crippen molar-refractivity contribution in [2.45, 2.75) is 25.4 Å². The normalized spacial score (nSPS) is 13.2. The van der Waals surface area contributed by atoms with Crippen molar-refractivity contribution in [1.29, 1.82) is 0 Å². The zero-order chi connectivity index (χ0) is 20.3. The summed E-state index contributed by atoms with van der Waals surface area (Å²) in [7, 11) is 0. The van der Waals surface area contributed by atoms with Crippen molar-refractivity contribution in [3.05, 3.63) is 95.9 Å². The second kappa shape index (κ2) is 7.95. The average Bonchev–Trinajstić information content (AvgIpc) is 3.63. The van der Waals surface area contributed by atoms with Crippen LogP contribution >= 0.6 is 0 Å². The molecule has 2 aromatic heterocycles. The molecule has 0 bridgehead atoms. The first-order valence-corrected chi connectivity index (χ1v) is 10.1. The van der Waals surface area contributed by atoms with Gasteiger partial charge in [0.25, 0.3) is 5.91 Å². The SMILES string of the molecule is O=C(Nc1cccc(OCc2ccccn2)c1)c1cc(C2CC2)nc2ccccc12. The van der Waals surface area contributed by atoms with E-state index in [4.69, 9.17) is 9.72 Å². The van der Waals surface area contributed by atoms with Gasteiger partial charge in [-0.2, -0.15) is 0 Å². The maximum absolute atomic E-state index is 13.1. The Kier molecular flexibility index (Phi) is 4.85. The molecule has 1 saturated carbocycles. The molecule has 1 fully saturated rings. The smallest absolute Gasteiger partial charge is 0.256 e. The van der Waals surface area contributed by atoms with E-state index in [0.717, 1.165) is 35.1 Å². The lowest BCUT2D eigenvalue weighted by atomic mass is 10.1. The van der Waals surface area contributed by atoms with Gasteiger partial charge in [-0.05, 0) is 49.2 Å². The van der Waals surface area contributed by atoms with Gasteiger partial charge in [-0.1, -0.05) is 30.3 Å². The van der Waals surface area contributed by atoms with Crippen LogP contribution < -0.4 is 10.1 Å². The van der Waals surface area contributed by atoms with Crippen LogP contribution in [-0.2, 0) is 6.61 Å². The van der Waals surface area contributed by atoms with E-state index in [1.807, 2.05) is 72.8 Å². The summed E-state index contributed by atoms with van der Waals surface area (Å²) in [5.74, 6) is 1.01. The number of amides is 1. The third kappa shape index (κ3) is 4.01. The quantitative estimate of drug-likeness (QED) is 0.479. The molecule has 0 unspecified atom stereocenters. The number of para-hydroxylation sites is 1. The molecule has 2 heterocycles. The van der Waals surface area contributed by atoms with E-state index in [2.05, 4.69) is 10.3 Å². The fourth-order valence-corrected chi connectivity index (χ4v) is 3.47. The number of anilines is 1. The number of hydrogen-bond donors (Lipinski definition) is 1. The first-order valence-electron chi connectivity index (χ1n) is 10.1. The van der Waals surface area contributed by atoms with Gasteiger partial charge in [0.1, 0.15) is 12.4 Å². The molecule has 0 radical (unpaired) electrons. The third-order valence-electron chi connectivity index (χ3n) is 5.18. The average molecular weight is 395 g/mol. The summed E-state index contributed by atoms with van der Waals surface area (Å²) in [5.41, 5.74) is 4.06. The molecule has 5 rings (SSSR count). The number of benzene rings is 2. The van der Waals surface area contributed by atoms with E-state index < -0.39 is 0 Å². The number of pyridine rings is 2. The minimum Gasteiger partial charge on any atom is -0.487 e. The fraction of sp³-hybridized carbons (Fsp3) is 0.160. The summed E-state index contributed by atoms with van der Waals surface area (Å²) in [6.45, 7) is 0.373. The second-order valence-electron chi connectivity index (χ2n) is 7.48. The largest absolute Gasteiger partial charge is 0.487 e. The number of carbonyl (C=O) groups excluding carboxylic acids is 1. The molecule has 148 valence electrons. The standard InChI is InChI=1S/C25H21N3O2/c29-25(22-15-24(17-11-12-17)28-23-10-2-1-9-21(22)23)27-18-7-5-8-20(14-18)30-16-19-6-3-4-13-26-19/h1-10,13-15,17H,11-12,16H2,(H,27,29). The highest BCUT2D eigenvalue weighted by Crippen LogP contribution is 2.40. The molecule has 1 aliphatic rings. The molecule has 0 aliphatic heterocycles. The van der Waals surface area contributed by atoms with E-state index in [9.17, 15) is 4.79 Å². The Morgan fingerprint density at radius 1 is 1.00 bits per heavy atom. The van der Waals surface area contributed by atoms with Crippen LogP contribution in [0.1, 0.15) is 40.5 Å². The van der Waals surface area contributed by atoms with Gasteiger partial charge in [0.15, 0.2) is 0 Å². The Morgan fingerprint density at radius 3 is 2.70 bits per heavy atom. The number of rotatable bonds is 6. The molecule has 1 N–H and O–H groups in total. The molecule has 5 nitrogen and oxygen atoms in total. The lowest BCUT2D eigenvalue weighted by Crippen LogP contribution is -2.13. The highest BCUT2D eigenvalue weighted by Gasteiger charge is 2.27. The van der Waals surface area contributed by atoms with Gasteiger partial charge in [0.05, 0.1) is 16.8 Å². The molecular formula is C25H21N3O2. The first-order chi connectivity index (χ1) is 14.8. The Morgan fingerprint density at radius 2 is 1.87 bits per heavy atom. The zero-order valence-corrected chi connectivity index (χ0v) is 16.4. The number of nitrogens with zero attached hydrogens (tertiary/aromatic N) is 2. The van der Waals surface area contributed by atoms with Crippen LogP contribution in [0.3, 0.4) is 0 Å². The topological polar surface area (TPSA) is 64.1 Å². The molecule has 1 aliphatic carbocycles. The minimum absolute atomic E-state index is 0.141. The van der Waals surface area contributed by atoms with Crippen molar-refractivity contribution in [2.24, 2.45) is 0 Å². The van der Waals surface area contributed by atoms with Gasteiger partial charge in [-0.25, -0.2) is 0 Å². The van der Waals surface area contributed by atoms with Crippen molar-refractivity contribution >= 4 is 22.5 Å². The maximum Gasteiger partial charge on any atom is 0.256 e. The van der Waals surface area contributed by atoms with Crippen molar-refractivity contribution in [3.63, 3.8) is 0 Å². The predicted molar refractivity (Wildman–Crippen MR) is 117 cm³/mol. The Labute approximate surface area is 174 Å². The monoisotopic (exact) mass is 395 g/mol. The Bertz CT molecular complexity index is 1200. The Balaban J connectivity index is 1.37. The summed E-state index contributed by atoms with van der Waals surface area (Å²) < 4.78 is 5.83. The van der Waals surface area contributed by atoms with Crippen LogP contribution in [0, 0.1) is 0 Å². The molecule has 0 atom stereocenters. The predicted octanol–water partition coefficient (Wildman–Crippen LogP) is 5.34. The van der Waals surface area contributed by atoms with Crippen LogP contribution in [0.5, 0.6) is 5.75 Å². The van der Waals surface area contributed by atoms with E-state index >= 15 is 0 Å². The molecular weight excluding hydrogens is 374 g/mol. The van der Waals surface area contributed by atoms with Crippen LogP contribution in [0.2, 0.25) is 0 Å². The van der Waals surface area contributed by atoms with E-state index in [-0.39, 0.29) is 5.91 Å². The van der Waals surface area contributed by atoms with E-state index in [0.29, 0.717) is 29.5 Å². The zero-order valence-electron chi connectivity index (χ0n) is 16.4. The van der Waals surface area contributed by atoms with Crippen molar-refractivity contribution in [2.75, 3.05) is 5.32 Å². The highest BCUT2D eigenvalue weighted by atomic mass is 16.5. The van der Waals surface area contributed by atoms with Gasteiger partial charge in [0, 0.05) is 34.9 Å². The molecule has 0 saturated heterocycles. The number of aromatic nitrogens is 2. The van der Waals surface area contributed by atoms with Crippen LogP contribution in [0.4, 0.5) is 5.69 Å². The summed E-state index contributed by atoms with van der Waals surface area (Å²) in [6, 6.07) is 22.9. The number of ether oxygens (including phenoxy) is 1. The first kappa shape index (κ1) is 18.3. The van der Waals surface area contributed by atoms with Crippen molar-refractivity contribution in [3.8, 4) is 5.75 Å². The van der Waals surface area contributed by atoms with Crippen molar-refractivity contribution < 1.29 is 9.53 Å². The fourth-order valence-electron chi connectivity index (χ4n) is 3.47. The molecule has 2 aromatic carbocycles. The van der Waals surface area contributed by atoms with Gasteiger partial charge in [-0.3, -0.25) is 14.8 Å². The number of fused-ring (bicyclic) bond motifs is 1. The molecule has 4 aromatic rings. The molecule has 30 heavy (non-hydrogen) atoms. The van der Waals surface area contributed by atoms with Gasteiger partial charge < -0.3 is 10.1 Å². The van der Waals surface area contributed by atoms with Gasteiger partial charge >= 0.3 is 0 Å². The van der Waals surface area contributed by atoms with Crippen LogP contribution in [0.25, 0.3) is 10.9 Å². The van der Waals surface area contributed by atoms with Crippen molar-refractivity contribution in [1.82, 2.24) is 9.97 Å². The van der Waals surface area contributed by atoms with E-state index in [1.54, 1.807) is 6.20 Å². The minimum atomic E-state index is -0.141. The van der Waals surface area contributed by atoms with Gasteiger partial charge in [-0.15, -0.1) is 0 Å². The highest BCUT2D eigenvalue weighted by molar-refractivity contribution is 6.12. The van der Waals surface area contributed by atoms with Crippen LogP contribution in [0.15, 0.2) is 79.0 Å². The number of carbonyl (C=O) groups is 1. The summed E-state index contributed by atoms with van der Waals surface area (Å²) in [4.78, 5) is 22.1. The van der Waals surface area contributed by atoms with Crippen LogP contribution in [-0.4, -0.2) is 15.9 Å². The number of nitrogens with one attached hydrogen (secondary N) is 1. The number of hydrogen-bond acceptors (Lipinski definition) is 4. The second-order valence-corrected chi connectivity index (χ2v) is 7.48. The summed E-state index contributed by atoms with van der Waals surface area (Å²) >= 11 is 0. The summed E-state index contributed by atoms with van der Waals surface area (Å²) in [6.07, 6.45) is 4.02. The molecule has 5 heteroatoms. The molecule has 0 spiro atoms. The summed E-state index contributed by atoms with van der Waals surface area (Å²) in [5, 5.41) is 3.88. The molecule has 1 amide bonds.